The number of rotatable bonds is 1. The van der Waals surface area contributed by atoms with E-state index in [-0.39, 0.29) is 5.41 Å². The Morgan fingerprint density at radius 3 is 2.00 bits per heavy atom. The van der Waals surface area contributed by atoms with Crippen LogP contribution in [0.3, 0.4) is 0 Å². The van der Waals surface area contributed by atoms with Crippen LogP contribution in [0, 0.1) is 17.3 Å². The summed E-state index contributed by atoms with van der Waals surface area (Å²) in [5.41, 5.74) is 0.198. The molecule has 0 atom stereocenters. The van der Waals surface area contributed by atoms with Crippen LogP contribution in [0.1, 0.15) is 20.8 Å². The number of hydrogen-bond donors (Lipinski definition) is 0. The maximum Gasteiger partial charge on any atom is 0.0443 e. The standard InChI is InChI=1S/C9H18Si/c1-9(2,3)7-6-8-10(4)5/h10H,8H2,1-5H3. The first-order valence-electron chi connectivity index (χ1n) is 3.92. The third kappa shape index (κ3) is 7.78. The van der Waals surface area contributed by atoms with Crippen LogP contribution in [-0.4, -0.2) is 8.80 Å². The summed E-state index contributed by atoms with van der Waals surface area (Å²) >= 11 is 0. The van der Waals surface area contributed by atoms with Gasteiger partial charge < -0.3 is 0 Å². The first kappa shape index (κ1) is 9.78. The number of hydrogen-bond acceptors (Lipinski definition) is 0. The van der Waals surface area contributed by atoms with Gasteiger partial charge in [0.1, 0.15) is 0 Å². The summed E-state index contributed by atoms with van der Waals surface area (Å²) in [5, 5.41) is 0. The van der Waals surface area contributed by atoms with Crippen molar-refractivity contribution < 1.29 is 0 Å². The Hall–Kier alpha value is -0.223. The minimum atomic E-state index is -0.434. The fourth-order valence-corrected chi connectivity index (χ4v) is 1.03. The quantitative estimate of drug-likeness (QED) is 0.402. The smallest absolute Gasteiger partial charge is 0.0443 e. The summed E-state index contributed by atoms with van der Waals surface area (Å²) in [5.74, 6) is 6.47. The second-order valence-electron chi connectivity index (χ2n) is 4.15. The van der Waals surface area contributed by atoms with Crippen molar-refractivity contribution in [3.8, 4) is 11.8 Å². The van der Waals surface area contributed by atoms with E-state index in [4.69, 9.17) is 0 Å². The van der Waals surface area contributed by atoms with Crippen LogP contribution >= 0.6 is 0 Å². The first-order valence-corrected chi connectivity index (χ1v) is 7.04. The molecule has 0 saturated carbocycles. The minimum Gasteiger partial charge on any atom is -0.106 e. The van der Waals surface area contributed by atoms with E-state index in [9.17, 15) is 0 Å². The molecule has 1 heteroatoms. The van der Waals surface area contributed by atoms with Crippen LogP contribution in [0.25, 0.3) is 0 Å². The van der Waals surface area contributed by atoms with Crippen molar-refractivity contribution in [2.45, 2.75) is 39.9 Å². The topological polar surface area (TPSA) is 0 Å². The van der Waals surface area contributed by atoms with Crippen molar-refractivity contribution in [3.05, 3.63) is 0 Å². The fraction of sp³-hybridized carbons (Fsp3) is 0.778. The molecular weight excluding hydrogens is 136 g/mol. The molecule has 0 aliphatic heterocycles. The normalized spacial score (nSPS) is 11.0. The Labute approximate surface area is 66.6 Å². The van der Waals surface area contributed by atoms with Crippen molar-refractivity contribution >= 4 is 8.80 Å². The molecular formula is C9H18Si. The minimum absolute atomic E-state index is 0.198. The van der Waals surface area contributed by atoms with Crippen LogP contribution in [0.5, 0.6) is 0 Å². The van der Waals surface area contributed by atoms with Gasteiger partial charge in [0.25, 0.3) is 0 Å². The summed E-state index contributed by atoms with van der Waals surface area (Å²) in [4.78, 5) is 0. The molecule has 10 heavy (non-hydrogen) atoms. The van der Waals surface area contributed by atoms with E-state index < -0.39 is 8.80 Å². The molecule has 0 heterocycles. The highest BCUT2D eigenvalue weighted by Crippen LogP contribution is 2.09. The highest BCUT2D eigenvalue weighted by molar-refractivity contribution is 6.56. The van der Waals surface area contributed by atoms with Gasteiger partial charge in [0.05, 0.1) is 0 Å². The summed E-state index contributed by atoms with van der Waals surface area (Å²) in [7, 11) is -0.434. The lowest BCUT2D eigenvalue weighted by molar-refractivity contribution is 0.570. The van der Waals surface area contributed by atoms with Crippen molar-refractivity contribution in [2.75, 3.05) is 0 Å². The third-order valence-corrected chi connectivity index (χ3v) is 1.99. The van der Waals surface area contributed by atoms with Crippen molar-refractivity contribution in [1.29, 1.82) is 0 Å². The summed E-state index contributed by atoms with van der Waals surface area (Å²) < 4.78 is 0. The molecule has 0 aromatic rings. The maximum atomic E-state index is 3.24. The van der Waals surface area contributed by atoms with E-state index in [0.717, 1.165) is 6.04 Å². The van der Waals surface area contributed by atoms with Gasteiger partial charge in [-0.1, -0.05) is 19.0 Å². The third-order valence-electron chi connectivity index (χ3n) is 0.974. The molecule has 0 aliphatic carbocycles. The SMILES string of the molecule is C[SiH](C)CC#CC(C)(C)C. The molecule has 0 nitrogen and oxygen atoms in total. The lowest BCUT2D eigenvalue weighted by Gasteiger charge is -2.06. The van der Waals surface area contributed by atoms with Crippen molar-refractivity contribution in [2.24, 2.45) is 5.41 Å². The van der Waals surface area contributed by atoms with Crippen LogP contribution in [0.4, 0.5) is 0 Å². The largest absolute Gasteiger partial charge is 0.106 e. The van der Waals surface area contributed by atoms with Gasteiger partial charge in [-0.3, -0.25) is 0 Å². The van der Waals surface area contributed by atoms with E-state index in [1.54, 1.807) is 0 Å². The van der Waals surface area contributed by atoms with Crippen LogP contribution in [-0.2, 0) is 0 Å². The van der Waals surface area contributed by atoms with Gasteiger partial charge in [0.15, 0.2) is 0 Å². The van der Waals surface area contributed by atoms with Gasteiger partial charge in [0, 0.05) is 20.3 Å². The molecule has 0 amide bonds. The van der Waals surface area contributed by atoms with Gasteiger partial charge in [-0.15, -0.1) is 5.92 Å². The van der Waals surface area contributed by atoms with E-state index in [0.29, 0.717) is 0 Å². The van der Waals surface area contributed by atoms with Crippen molar-refractivity contribution in [3.63, 3.8) is 0 Å². The zero-order chi connectivity index (χ0) is 8.20. The molecule has 0 aromatic carbocycles. The first-order chi connectivity index (χ1) is 4.42. The highest BCUT2D eigenvalue weighted by Gasteiger charge is 2.02. The molecule has 0 rings (SSSR count). The van der Waals surface area contributed by atoms with Gasteiger partial charge >= 0.3 is 0 Å². The zero-order valence-electron chi connectivity index (χ0n) is 7.78. The molecule has 0 aliphatic rings. The fourth-order valence-electron chi connectivity index (χ4n) is 0.520. The average molecular weight is 154 g/mol. The Morgan fingerprint density at radius 1 is 1.20 bits per heavy atom. The molecule has 0 saturated heterocycles. The lowest BCUT2D eigenvalue weighted by Crippen LogP contribution is -2.01. The zero-order valence-corrected chi connectivity index (χ0v) is 8.94. The Morgan fingerprint density at radius 2 is 1.70 bits per heavy atom. The molecule has 0 N–H and O–H groups in total. The van der Waals surface area contributed by atoms with Crippen LogP contribution < -0.4 is 0 Å². The second kappa shape index (κ2) is 3.83. The molecule has 0 aromatic heterocycles. The van der Waals surface area contributed by atoms with Gasteiger partial charge in [0.2, 0.25) is 0 Å². The monoisotopic (exact) mass is 154 g/mol. The average Bonchev–Trinajstić information content (AvgIpc) is 1.59. The molecule has 58 valence electrons. The van der Waals surface area contributed by atoms with Crippen LogP contribution in [0.15, 0.2) is 0 Å². The second-order valence-corrected chi connectivity index (χ2v) is 7.35. The summed E-state index contributed by atoms with van der Waals surface area (Å²) in [6, 6.07) is 1.16. The Kier molecular flexibility index (Phi) is 3.74. The van der Waals surface area contributed by atoms with E-state index in [1.807, 2.05) is 0 Å². The van der Waals surface area contributed by atoms with Gasteiger partial charge in [-0.05, 0) is 20.8 Å². The van der Waals surface area contributed by atoms with Gasteiger partial charge in [-0.25, -0.2) is 0 Å². The predicted molar refractivity (Wildman–Crippen MR) is 50.9 cm³/mol. The predicted octanol–water partition coefficient (Wildman–Crippen LogP) is 2.52. The maximum absolute atomic E-state index is 3.24. The highest BCUT2D eigenvalue weighted by atomic mass is 28.3. The van der Waals surface area contributed by atoms with Crippen LogP contribution in [0.2, 0.25) is 19.1 Å². The Balaban J connectivity index is 3.71. The molecule has 0 bridgehead atoms. The van der Waals surface area contributed by atoms with E-state index in [1.165, 1.54) is 0 Å². The molecule has 0 unspecified atom stereocenters. The molecule has 0 radical (unpaired) electrons. The van der Waals surface area contributed by atoms with E-state index in [2.05, 4.69) is 45.7 Å². The Bertz CT molecular complexity index is 140. The summed E-state index contributed by atoms with van der Waals surface area (Å²) in [6.45, 7) is 11.1. The molecule has 0 spiro atoms. The van der Waals surface area contributed by atoms with E-state index >= 15 is 0 Å². The van der Waals surface area contributed by atoms with Gasteiger partial charge in [-0.2, -0.15) is 0 Å². The summed E-state index contributed by atoms with van der Waals surface area (Å²) in [6.07, 6.45) is 0. The molecule has 0 fully saturated rings. The lowest BCUT2D eigenvalue weighted by atomic mass is 9.98. The van der Waals surface area contributed by atoms with Crippen molar-refractivity contribution in [1.82, 2.24) is 0 Å².